The molecule has 5 rings (SSSR count). The second-order valence-corrected chi connectivity index (χ2v) is 9.67. The predicted octanol–water partition coefficient (Wildman–Crippen LogP) is 6.09. The lowest BCUT2D eigenvalue weighted by molar-refractivity contribution is -0.141. The highest BCUT2D eigenvalue weighted by Gasteiger charge is 2.32. The summed E-state index contributed by atoms with van der Waals surface area (Å²) < 4.78 is 11.0. The third-order valence-electron chi connectivity index (χ3n) is 7.82. The maximum atomic E-state index is 10.1. The number of phenols is 1. The van der Waals surface area contributed by atoms with Gasteiger partial charge in [0.1, 0.15) is 5.75 Å². The number of rotatable bonds is 6. The van der Waals surface area contributed by atoms with Gasteiger partial charge in [-0.3, -0.25) is 0 Å². The summed E-state index contributed by atoms with van der Waals surface area (Å²) in [7, 11) is 3.46. The molecule has 1 saturated heterocycles. The largest absolute Gasteiger partial charge is 0.508 e. The van der Waals surface area contributed by atoms with Crippen molar-refractivity contribution in [1.29, 1.82) is 0 Å². The average molecular weight is 458 g/mol. The van der Waals surface area contributed by atoms with E-state index < -0.39 is 0 Å². The lowest BCUT2D eigenvalue weighted by atomic mass is 9.69. The third kappa shape index (κ3) is 4.57. The molecule has 2 atom stereocenters. The Labute approximate surface area is 203 Å². The van der Waals surface area contributed by atoms with Crippen molar-refractivity contribution < 1.29 is 14.6 Å². The standard InChI is InChI=1S/C30H35NO3/c1-33-30(34-2)23-16-18-31(19-17-23)25-11-8-22(9-12-25)29-27(21-6-4-3-5-7-21)14-10-24-20-26(32)13-15-28(24)29/h3-9,11-13,15,20,23,27,29-30,32H,10,14,16-19H2,1-2H3/t27-,29+/m1/s1. The molecule has 0 spiro atoms. The highest BCUT2D eigenvalue weighted by Crippen LogP contribution is 2.47. The number of nitrogens with zero attached hydrogens (tertiary/aromatic N) is 1. The van der Waals surface area contributed by atoms with Crippen molar-refractivity contribution in [3.05, 3.63) is 95.1 Å². The van der Waals surface area contributed by atoms with Crippen LogP contribution in [0.5, 0.6) is 5.75 Å². The number of anilines is 1. The number of aromatic hydroxyl groups is 1. The molecule has 1 fully saturated rings. The zero-order valence-electron chi connectivity index (χ0n) is 20.2. The second kappa shape index (κ2) is 10.2. The predicted molar refractivity (Wildman–Crippen MR) is 137 cm³/mol. The average Bonchev–Trinajstić information content (AvgIpc) is 2.90. The Morgan fingerprint density at radius 2 is 1.53 bits per heavy atom. The van der Waals surface area contributed by atoms with E-state index in [4.69, 9.17) is 9.47 Å². The topological polar surface area (TPSA) is 41.9 Å². The summed E-state index contributed by atoms with van der Waals surface area (Å²) in [6.07, 6.45) is 4.12. The summed E-state index contributed by atoms with van der Waals surface area (Å²) in [5.74, 6) is 1.53. The Morgan fingerprint density at radius 3 is 2.21 bits per heavy atom. The molecule has 1 aliphatic heterocycles. The molecule has 4 heteroatoms. The van der Waals surface area contributed by atoms with Gasteiger partial charge in [-0.25, -0.2) is 0 Å². The maximum absolute atomic E-state index is 10.1. The minimum absolute atomic E-state index is 0.106. The van der Waals surface area contributed by atoms with E-state index in [0.717, 1.165) is 38.8 Å². The molecule has 0 radical (unpaired) electrons. The van der Waals surface area contributed by atoms with E-state index in [9.17, 15) is 5.11 Å². The van der Waals surface area contributed by atoms with Crippen LogP contribution >= 0.6 is 0 Å². The van der Waals surface area contributed by atoms with Crippen molar-refractivity contribution in [2.75, 3.05) is 32.2 Å². The third-order valence-corrected chi connectivity index (χ3v) is 7.82. The van der Waals surface area contributed by atoms with Crippen LogP contribution in [0.2, 0.25) is 0 Å². The molecule has 0 saturated carbocycles. The van der Waals surface area contributed by atoms with Crippen molar-refractivity contribution in [3.8, 4) is 5.75 Å². The van der Waals surface area contributed by atoms with E-state index in [1.54, 1.807) is 14.2 Å². The van der Waals surface area contributed by atoms with Crippen LogP contribution in [0.3, 0.4) is 0 Å². The molecule has 34 heavy (non-hydrogen) atoms. The Kier molecular flexibility index (Phi) is 6.89. The first kappa shape index (κ1) is 22.9. The monoisotopic (exact) mass is 457 g/mol. The molecule has 0 bridgehead atoms. The van der Waals surface area contributed by atoms with Crippen LogP contribution in [0.4, 0.5) is 5.69 Å². The second-order valence-electron chi connectivity index (χ2n) is 9.67. The van der Waals surface area contributed by atoms with Crippen LogP contribution in [-0.2, 0) is 15.9 Å². The number of phenolic OH excluding ortho intramolecular Hbond substituents is 1. The first-order valence-corrected chi connectivity index (χ1v) is 12.4. The molecule has 3 aromatic carbocycles. The van der Waals surface area contributed by atoms with Gasteiger partial charge in [0.25, 0.3) is 0 Å². The van der Waals surface area contributed by atoms with Gasteiger partial charge in [-0.2, -0.15) is 0 Å². The summed E-state index contributed by atoms with van der Waals surface area (Å²) in [4.78, 5) is 2.48. The van der Waals surface area contributed by atoms with Crippen molar-refractivity contribution >= 4 is 5.69 Å². The summed E-state index contributed by atoms with van der Waals surface area (Å²) >= 11 is 0. The molecule has 0 unspecified atom stereocenters. The summed E-state index contributed by atoms with van der Waals surface area (Å²) in [5.41, 5.74) is 6.64. The van der Waals surface area contributed by atoms with E-state index in [2.05, 4.69) is 65.6 Å². The fraction of sp³-hybridized carbons (Fsp3) is 0.400. The minimum Gasteiger partial charge on any atom is -0.508 e. The molecule has 3 aromatic rings. The number of hydrogen-bond donors (Lipinski definition) is 1. The van der Waals surface area contributed by atoms with Crippen molar-refractivity contribution in [3.63, 3.8) is 0 Å². The lowest BCUT2D eigenvalue weighted by Gasteiger charge is -2.37. The van der Waals surface area contributed by atoms with Gasteiger partial charge in [-0.1, -0.05) is 48.5 Å². The van der Waals surface area contributed by atoms with Gasteiger partial charge in [-0.05, 0) is 78.1 Å². The van der Waals surface area contributed by atoms with E-state index in [0.29, 0.717) is 17.6 Å². The Balaban J connectivity index is 1.40. The summed E-state index contributed by atoms with van der Waals surface area (Å²) in [5, 5.41) is 10.1. The zero-order chi connectivity index (χ0) is 23.5. The normalized spacial score (nSPS) is 21.0. The van der Waals surface area contributed by atoms with Crippen LogP contribution in [-0.4, -0.2) is 38.7 Å². The van der Waals surface area contributed by atoms with Gasteiger partial charge in [0, 0.05) is 44.8 Å². The number of aryl methyl sites for hydroxylation is 1. The molecule has 2 aliphatic rings. The van der Waals surface area contributed by atoms with Crippen molar-refractivity contribution in [2.24, 2.45) is 5.92 Å². The number of piperidine rings is 1. The van der Waals surface area contributed by atoms with Gasteiger partial charge in [-0.15, -0.1) is 0 Å². The molecule has 1 N–H and O–H groups in total. The molecule has 0 aromatic heterocycles. The number of fused-ring (bicyclic) bond motifs is 1. The van der Waals surface area contributed by atoms with Crippen LogP contribution in [0, 0.1) is 5.92 Å². The molecular weight excluding hydrogens is 422 g/mol. The van der Waals surface area contributed by atoms with E-state index in [1.807, 2.05) is 12.1 Å². The molecular formula is C30H35NO3. The van der Waals surface area contributed by atoms with Crippen LogP contribution < -0.4 is 4.90 Å². The summed E-state index contributed by atoms with van der Waals surface area (Å²) in [6.45, 7) is 2.04. The number of methoxy groups -OCH3 is 2. The first-order valence-electron chi connectivity index (χ1n) is 12.4. The molecule has 4 nitrogen and oxygen atoms in total. The van der Waals surface area contributed by atoms with Gasteiger partial charge in [0.05, 0.1) is 0 Å². The first-order chi connectivity index (χ1) is 16.7. The molecule has 0 amide bonds. The quantitative estimate of drug-likeness (QED) is 0.455. The lowest BCUT2D eigenvalue weighted by Crippen LogP contribution is -2.39. The molecule has 178 valence electrons. The highest BCUT2D eigenvalue weighted by molar-refractivity contribution is 5.52. The zero-order valence-corrected chi connectivity index (χ0v) is 20.2. The smallest absolute Gasteiger partial charge is 0.159 e. The Bertz CT molecular complexity index is 1070. The summed E-state index contributed by atoms with van der Waals surface area (Å²) in [6, 6.07) is 26.0. The Morgan fingerprint density at radius 1 is 0.824 bits per heavy atom. The molecule has 1 heterocycles. The molecule has 1 aliphatic carbocycles. The van der Waals surface area contributed by atoms with Crippen LogP contribution in [0.15, 0.2) is 72.8 Å². The van der Waals surface area contributed by atoms with Gasteiger partial charge in [0.2, 0.25) is 0 Å². The van der Waals surface area contributed by atoms with Gasteiger partial charge < -0.3 is 19.5 Å². The van der Waals surface area contributed by atoms with Crippen molar-refractivity contribution in [2.45, 2.75) is 43.8 Å². The Hall–Kier alpha value is -2.82. The number of hydrogen-bond acceptors (Lipinski definition) is 4. The van der Waals surface area contributed by atoms with Gasteiger partial charge >= 0.3 is 0 Å². The highest BCUT2D eigenvalue weighted by atomic mass is 16.7. The van der Waals surface area contributed by atoms with Gasteiger partial charge in [0.15, 0.2) is 6.29 Å². The number of ether oxygens (including phenoxy) is 2. The maximum Gasteiger partial charge on any atom is 0.159 e. The fourth-order valence-electron chi connectivity index (χ4n) is 6.08. The SMILES string of the molecule is COC(OC)C1CCN(c2ccc([C@@H]3c4ccc(O)cc4CC[C@@H]3c3ccccc3)cc2)CC1. The van der Waals surface area contributed by atoms with E-state index in [-0.39, 0.29) is 12.2 Å². The fourth-order valence-corrected chi connectivity index (χ4v) is 6.08. The van der Waals surface area contributed by atoms with E-state index in [1.165, 1.54) is 27.9 Å². The van der Waals surface area contributed by atoms with Crippen LogP contribution in [0.25, 0.3) is 0 Å². The minimum atomic E-state index is -0.106. The van der Waals surface area contributed by atoms with Crippen molar-refractivity contribution in [1.82, 2.24) is 0 Å². The number of benzene rings is 3. The van der Waals surface area contributed by atoms with E-state index >= 15 is 0 Å². The van der Waals surface area contributed by atoms with Crippen LogP contribution in [0.1, 0.15) is 53.4 Å².